The number of nitrogens with two attached hydrogens (primary N) is 1. The van der Waals surface area contributed by atoms with E-state index in [1.165, 1.54) is 0 Å². The molecule has 1 aliphatic carbocycles. The van der Waals surface area contributed by atoms with Crippen molar-refractivity contribution < 1.29 is 27.4 Å². The Morgan fingerprint density at radius 2 is 1.97 bits per heavy atom. The van der Waals surface area contributed by atoms with Crippen molar-refractivity contribution in [3.05, 3.63) is 28.8 Å². The maximum Gasteiger partial charge on any atom is 0.411 e. The summed E-state index contributed by atoms with van der Waals surface area (Å²) >= 11 is 0. The molecule has 2 aliphatic rings. The molecule has 2 unspecified atom stereocenters. The van der Waals surface area contributed by atoms with Gasteiger partial charge in [0.2, 0.25) is 0 Å². The van der Waals surface area contributed by atoms with Gasteiger partial charge >= 0.3 is 6.18 Å². The molecule has 3 atom stereocenters. The van der Waals surface area contributed by atoms with Crippen molar-refractivity contribution in [1.82, 2.24) is 5.32 Å². The van der Waals surface area contributed by atoms with Crippen LogP contribution in [0.3, 0.4) is 0 Å². The zero-order valence-electron chi connectivity index (χ0n) is 17.9. The van der Waals surface area contributed by atoms with Crippen LogP contribution in [0, 0.1) is 0 Å². The van der Waals surface area contributed by atoms with Crippen LogP contribution < -0.4 is 16.4 Å². The molecule has 3 rings (SSSR count). The van der Waals surface area contributed by atoms with Crippen LogP contribution >= 0.6 is 0 Å². The minimum Gasteiger partial charge on any atom is -0.384 e. The Bertz CT molecular complexity index is 757. The number of anilines is 1. The number of amides is 1. The lowest BCUT2D eigenvalue weighted by Crippen LogP contribution is -2.39. The molecule has 1 aromatic rings. The van der Waals surface area contributed by atoms with Crippen molar-refractivity contribution >= 4 is 11.6 Å². The predicted molar refractivity (Wildman–Crippen MR) is 112 cm³/mol. The summed E-state index contributed by atoms with van der Waals surface area (Å²) in [5, 5.41) is 6.60. The number of benzene rings is 1. The number of carbonyl (C=O) groups is 1. The summed E-state index contributed by atoms with van der Waals surface area (Å²) < 4.78 is 48.3. The molecule has 1 saturated carbocycles. The first-order chi connectivity index (χ1) is 14.7. The van der Waals surface area contributed by atoms with Crippen LogP contribution in [-0.2, 0) is 22.3 Å². The molecule has 1 aliphatic heterocycles. The van der Waals surface area contributed by atoms with Crippen molar-refractivity contribution in [2.24, 2.45) is 5.73 Å². The smallest absolute Gasteiger partial charge is 0.384 e. The summed E-state index contributed by atoms with van der Waals surface area (Å²) in [5.41, 5.74) is 9.07. The standard InChI is InChI=1S/C22H32F3N3O3/c1-14(10-15-11-16-6-7-28-20(16)17(12-15)21(26)29)27-8-9-30-18-4-2-3-5-19(18)31-13-22(23,24)25/h11-12,14,18-19,27-28H,2-10,13H2,1H3,(H2,26,29)/t14-,18?,19?/m1/s1. The molecule has 0 spiro atoms. The fraction of sp³-hybridized carbons (Fsp3) is 0.682. The quantitative estimate of drug-likeness (QED) is 0.484. The second-order valence-electron chi connectivity index (χ2n) is 8.44. The van der Waals surface area contributed by atoms with Crippen molar-refractivity contribution in [3.63, 3.8) is 0 Å². The predicted octanol–water partition coefficient (Wildman–Crippen LogP) is 3.18. The van der Waals surface area contributed by atoms with Crippen molar-refractivity contribution in [3.8, 4) is 0 Å². The molecule has 6 nitrogen and oxygen atoms in total. The van der Waals surface area contributed by atoms with Crippen LogP contribution in [0.5, 0.6) is 0 Å². The lowest BCUT2D eigenvalue weighted by atomic mass is 9.94. The first kappa shape index (κ1) is 23.8. The lowest BCUT2D eigenvalue weighted by Gasteiger charge is -2.31. The zero-order valence-corrected chi connectivity index (χ0v) is 17.9. The SMILES string of the molecule is C[C@H](Cc1cc2c(c(C(N)=O)c1)NCC2)NCCOC1CCCCC1OCC(F)(F)F. The number of halogens is 3. The van der Waals surface area contributed by atoms with Crippen LogP contribution in [-0.4, -0.2) is 56.6 Å². The number of carbonyl (C=O) groups excluding carboxylic acids is 1. The monoisotopic (exact) mass is 443 g/mol. The molecule has 174 valence electrons. The van der Waals surface area contributed by atoms with Gasteiger partial charge in [-0.15, -0.1) is 0 Å². The normalized spacial score (nSPS) is 22.1. The summed E-state index contributed by atoms with van der Waals surface area (Å²) in [6.07, 6.45) is -0.392. The van der Waals surface area contributed by atoms with E-state index in [0.717, 1.165) is 55.5 Å². The van der Waals surface area contributed by atoms with E-state index in [-0.39, 0.29) is 12.1 Å². The third-order valence-electron chi connectivity index (χ3n) is 5.81. The topological polar surface area (TPSA) is 85.6 Å². The second-order valence-corrected chi connectivity index (χ2v) is 8.44. The van der Waals surface area contributed by atoms with Gasteiger partial charge in [0, 0.05) is 19.1 Å². The highest BCUT2D eigenvalue weighted by atomic mass is 19.4. The van der Waals surface area contributed by atoms with Gasteiger partial charge < -0.3 is 25.8 Å². The number of primary amides is 1. The fourth-order valence-electron chi connectivity index (χ4n) is 4.40. The molecule has 0 saturated heterocycles. The minimum atomic E-state index is -4.32. The molecule has 9 heteroatoms. The van der Waals surface area contributed by atoms with E-state index in [1.54, 1.807) is 0 Å². The van der Waals surface area contributed by atoms with Gasteiger partial charge in [0.1, 0.15) is 6.61 Å². The number of nitrogens with one attached hydrogen (secondary N) is 2. The molecule has 1 fully saturated rings. The number of rotatable bonds is 10. The van der Waals surface area contributed by atoms with Crippen LogP contribution in [0.4, 0.5) is 18.9 Å². The first-order valence-electron chi connectivity index (χ1n) is 11.0. The van der Waals surface area contributed by atoms with Gasteiger partial charge in [0.15, 0.2) is 0 Å². The van der Waals surface area contributed by atoms with E-state index in [0.29, 0.717) is 25.1 Å². The summed E-state index contributed by atoms with van der Waals surface area (Å²) in [4.78, 5) is 11.8. The first-order valence-corrected chi connectivity index (χ1v) is 11.0. The van der Waals surface area contributed by atoms with Crippen LogP contribution in [0.25, 0.3) is 0 Å². The summed E-state index contributed by atoms with van der Waals surface area (Å²) in [7, 11) is 0. The molecule has 1 amide bonds. The van der Waals surface area contributed by atoms with Gasteiger partial charge in [0.05, 0.1) is 30.1 Å². The molecule has 0 aromatic heterocycles. The van der Waals surface area contributed by atoms with Gasteiger partial charge in [0.25, 0.3) is 5.91 Å². The Morgan fingerprint density at radius 3 is 2.65 bits per heavy atom. The van der Waals surface area contributed by atoms with Crippen LogP contribution in [0.1, 0.15) is 54.1 Å². The summed E-state index contributed by atoms with van der Waals surface area (Å²) in [6, 6.07) is 4.10. The van der Waals surface area contributed by atoms with Crippen LogP contribution in [0.2, 0.25) is 0 Å². The zero-order chi connectivity index (χ0) is 22.4. The third kappa shape index (κ3) is 7.08. The minimum absolute atomic E-state index is 0.139. The molecule has 31 heavy (non-hydrogen) atoms. The van der Waals surface area contributed by atoms with E-state index in [4.69, 9.17) is 15.2 Å². The third-order valence-corrected chi connectivity index (χ3v) is 5.81. The van der Waals surface area contributed by atoms with Gasteiger partial charge in [-0.25, -0.2) is 0 Å². The fourth-order valence-corrected chi connectivity index (χ4v) is 4.40. The maximum atomic E-state index is 12.4. The van der Waals surface area contributed by atoms with Gasteiger partial charge in [-0.05, 0) is 49.8 Å². The largest absolute Gasteiger partial charge is 0.411 e. The summed E-state index contributed by atoms with van der Waals surface area (Å²) in [6.45, 7) is 2.61. The summed E-state index contributed by atoms with van der Waals surface area (Å²) in [5.74, 6) is -0.434. The number of fused-ring (bicyclic) bond motifs is 1. The Labute approximate surface area is 181 Å². The molecule has 0 bridgehead atoms. The molecule has 4 N–H and O–H groups in total. The van der Waals surface area contributed by atoms with Gasteiger partial charge in [-0.2, -0.15) is 13.2 Å². The molecule has 0 radical (unpaired) electrons. The van der Waals surface area contributed by atoms with Gasteiger partial charge in [-0.1, -0.05) is 18.9 Å². The number of hydrogen-bond donors (Lipinski definition) is 3. The highest BCUT2D eigenvalue weighted by molar-refractivity contribution is 5.99. The van der Waals surface area contributed by atoms with Crippen molar-refractivity contribution in [2.75, 3.05) is 31.6 Å². The molecular formula is C22H32F3N3O3. The van der Waals surface area contributed by atoms with E-state index < -0.39 is 24.8 Å². The Hall–Kier alpha value is -1.84. The highest BCUT2D eigenvalue weighted by Gasteiger charge is 2.33. The maximum absolute atomic E-state index is 12.4. The number of hydrogen-bond acceptors (Lipinski definition) is 5. The van der Waals surface area contributed by atoms with Gasteiger partial charge in [-0.3, -0.25) is 4.79 Å². The Morgan fingerprint density at radius 1 is 1.26 bits per heavy atom. The van der Waals surface area contributed by atoms with Crippen LogP contribution in [0.15, 0.2) is 12.1 Å². The van der Waals surface area contributed by atoms with Crippen molar-refractivity contribution in [2.45, 2.75) is 69.9 Å². The number of ether oxygens (including phenoxy) is 2. The molecule has 1 aromatic carbocycles. The Balaban J connectivity index is 1.43. The Kier molecular flexibility index (Phi) is 8.18. The van der Waals surface area contributed by atoms with Crippen molar-refractivity contribution in [1.29, 1.82) is 0 Å². The molecular weight excluding hydrogens is 411 g/mol. The lowest BCUT2D eigenvalue weighted by molar-refractivity contribution is -0.202. The second kappa shape index (κ2) is 10.7. The van der Waals surface area contributed by atoms with E-state index in [2.05, 4.69) is 16.7 Å². The van der Waals surface area contributed by atoms with E-state index in [9.17, 15) is 18.0 Å². The highest BCUT2D eigenvalue weighted by Crippen LogP contribution is 2.29. The molecule has 1 heterocycles. The number of alkyl halides is 3. The average Bonchev–Trinajstić information content (AvgIpc) is 3.17. The van der Waals surface area contributed by atoms with E-state index in [1.807, 2.05) is 13.0 Å². The average molecular weight is 444 g/mol. The van der Waals surface area contributed by atoms with E-state index >= 15 is 0 Å².